The van der Waals surface area contributed by atoms with Gasteiger partial charge < -0.3 is 5.11 Å². The maximum atomic E-state index is 13.4. The van der Waals surface area contributed by atoms with E-state index in [1.807, 2.05) is 0 Å². The van der Waals surface area contributed by atoms with Gasteiger partial charge in [-0.05, 0) is 12.8 Å². The van der Waals surface area contributed by atoms with E-state index in [1.165, 1.54) is 0 Å². The lowest BCUT2D eigenvalue weighted by atomic mass is 10.00. The molecule has 2 bridgehead atoms. The van der Waals surface area contributed by atoms with E-state index in [4.69, 9.17) is 5.11 Å². The Morgan fingerprint density at radius 1 is 1.50 bits per heavy atom. The lowest BCUT2D eigenvalue weighted by Gasteiger charge is -2.22. The molecule has 1 aliphatic heterocycles. The number of rotatable bonds is 1. The van der Waals surface area contributed by atoms with Gasteiger partial charge in [0.1, 0.15) is 11.2 Å². The summed E-state index contributed by atoms with van der Waals surface area (Å²) in [5.41, 5.74) is -2.17. The number of halogens is 2. The molecule has 1 aliphatic carbocycles. The van der Waals surface area contributed by atoms with Gasteiger partial charge in [0, 0.05) is 13.0 Å². The highest BCUT2D eigenvalue weighted by atomic mass is 35.5. The fraction of sp³-hybridized carbons (Fsp3) is 0.857. The molecular weight excluding hydrogens is 185 g/mol. The van der Waals surface area contributed by atoms with Crippen molar-refractivity contribution in [1.29, 1.82) is 0 Å². The molecule has 0 aromatic heterocycles. The third-order valence-corrected chi connectivity index (χ3v) is 2.77. The van der Waals surface area contributed by atoms with Crippen LogP contribution in [0.2, 0.25) is 0 Å². The average Bonchev–Trinajstić information content (AvgIpc) is 2.42. The van der Waals surface area contributed by atoms with Gasteiger partial charge in [-0.15, -0.1) is 12.4 Å². The Morgan fingerprint density at radius 3 is 2.33 bits per heavy atom. The van der Waals surface area contributed by atoms with Gasteiger partial charge in [0.05, 0.1) is 0 Å². The molecule has 0 spiro atoms. The quantitative estimate of drug-likeness (QED) is 0.649. The smallest absolute Gasteiger partial charge is 0.324 e. The number of carbonyl (C=O) groups is 1. The molecule has 1 saturated carbocycles. The van der Waals surface area contributed by atoms with E-state index < -0.39 is 17.2 Å². The van der Waals surface area contributed by atoms with Crippen molar-refractivity contribution in [1.82, 2.24) is 5.32 Å². The first-order chi connectivity index (χ1) is 5.06. The van der Waals surface area contributed by atoms with Gasteiger partial charge in [-0.2, -0.15) is 0 Å². The Kier molecular flexibility index (Phi) is 2.08. The van der Waals surface area contributed by atoms with Crippen molar-refractivity contribution in [2.24, 2.45) is 0 Å². The van der Waals surface area contributed by atoms with Crippen LogP contribution in [-0.2, 0) is 4.79 Å². The fourth-order valence-electron chi connectivity index (χ4n) is 2.04. The molecule has 2 rings (SSSR count). The summed E-state index contributed by atoms with van der Waals surface area (Å²) in [7, 11) is 0. The number of piperidine rings is 1. The van der Waals surface area contributed by atoms with Crippen LogP contribution in [-0.4, -0.2) is 28.8 Å². The number of hydrogen-bond acceptors (Lipinski definition) is 2. The monoisotopic (exact) mass is 195 g/mol. The Hall–Kier alpha value is -0.350. The maximum absolute atomic E-state index is 13.4. The summed E-state index contributed by atoms with van der Waals surface area (Å²) in [4.78, 5) is 10.7. The molecular formula is C7H11ClFNO2. The molecule has 2 N–H and O–H groups in total. The summed E-state index contributed by atoms with van der Waals surface area (Å²) < 4.78 is 13.4. The van der Waals surface area contributed by atoms with Crippen LogP contribution in [0.4, 0.5) is 4.39 Å². The third-order valence-electron chi connectivity index (χ3n) is 2.77. The standard InChI is InChI=1S/C7H10FNO2.ClH/c8-6-1-2-7(3-6,5(10)11)9-4-6;/h9H,1-4H2,(H,10,11);1H. The van der Waals surface area contributed by atoms with E-state index >= 15 is 0 Å². The van der Waals surface area contributed by atoms with Crippen molar-refractivity contribution in [3.63, 3.8) is 0 Å². The van der Waals surface area contributed by atoms with Crippen molar-refractivity contribution in [2.45, 2.75) is 30.5 Å². The maximum Gasteiger partial charge on any atom is 0.324 e. The number of aliphatic carboxylic acids is 1. The lowest BCUT2D eigenvalue weighted by molar-refractivity contribution is -0.144. The number of nitrogens with one attached hydrogen (secondary N) is 1. The minimum absolute atomic E-state index is 0. The van der Waals surface area contributed by atoms with Gasteiger partial charge in [0.15, 0.2) is 0 Å². The Morgan fingerprint density at radius 2 is 2.17 bits per heavy atom. The molecule has 5 heteroatoms. The molecule has 2 aliphatic rings. The van der Waals surface area contributed by atoms with Crippen LogP contribution in [0.3, 0.4) is 0 Å². The van der Waals surface area contributed by atoms with E-state index in [2.05, 4.69) is 5.32 Å². The number of carboxylic acids is 1. The van der Waals surface area contributed by atoms with Gasteiger partial charge in [0.25, 0.3) is 0 Å². The van der Waals surface area contributed by atoms with Gasteiger partial charge >= 0.3 is 5.97 Å². The van der Waals surface area contributed by atoms with Crippen molar-refractivity contribution in [3.05, 3.63) is 0 Å². The Labute approximate surface area is 75.7 Å². The Bertz CT molecular complexity index is 213. The first-order valence-electron chi connectivity index (χ1n) is 3.74. The molecule has 1 heterocycles. The van der Waals surface area contributed by atoms with E-state index in [9.17, 15) is 9.18 Å². The number of hydrogen-bond donors (Lipinski definition) is 2. The van der Waals surface area contributed by atoms with E-state index in [0.717, 1.165) is 0 Å². The Balaban J connectivity index is 0.000000720. The van der Waals surface area contributed by atoms with Gasteiger partial charge in [0.2, 0.25) is 0 Å². The predicted molar refractivity (Wildman–Crippen MR) is 43.3 cm³/mol. The number of alkyl halides is 1. The van der Waals surface area contributed by atoms with Crippen LogP contribution in [0.25, 0.3) is 0 Å². The topological polar surface area (TPSA) is 49.3 Å². The molecule has 0 aromatic carbocycles. The van der Waals surface area contributed by atoms with Crippen molar-refractivity contribution < 1.29 is 14.3 Å². The summed E-state index contributed by atoms with van der Waals surface area (Å²) in [6.07, 6.45) is 0.973. The van der Waals surface area contributed by atoms with Crippen LogP contribution in [0.15, 0.2) is 0 Å². The zero-order chi connectivity index (χ0) is 8.11. The average molecular weight is 196 g/mol. The second-order valence-corrected chi connectivity index (χ2v) is 3.57. The van der Waals surface area contributed by atoms with Crippen LogP contribution < -0.4 is 5.32 Å². The van der Waals surface area contributed by atoms with Crippen LogP contribution in [0, 0.1) is 0 Å². The SMILES string of the molecule is Cl.O=C(O)C12CCC(F)(CN1)C2. The summed E-state index contributed by atoms with van der Waals surface area (Å²) in [5, 5.41) is 11.5. The highest BCUT2D eigenvalue weighted by Crippen LogP contribution is 2.45. The first kappa shape index (κ1) is 9.74. The molecule has 0 aromatic rings. The summed E-state index contributed by atoms with van der Waals surface area (Å²) in [5.74, 6) is -0.908. The normalized spacial score (nSPS) is 44.1. The highest BCUT2D eigenvalue weighted by molar-refractivity contribution is 5.85. The van der Waals surface area contributed by atoms with Crippen molar-refractivity contribution in [3.8, 4) is 0 Å². The van der Waals surface area contributed by atoms with Crippen LogP contribution >= 0.6 is 12.4 Å². The molecule has 2 unspecified atom stereocenters. The zero-order valence-electron chi connectivity index (χ0n) is 6.47. The second kappa shape index (κ2) is 2.57. The number of fused-ring (bicyclic) bond motifs is 2. The minimum atomic E-state index is -1.24. The van der Waals surface area contributed by atoms with Gasteiger partial charge in [-0.1, -0.05) is 0 Å². The first-order valence-corrected chi connectivity index (χ1v) is 3.74. The molecule has 1 saturated heterocycles. The van der Waals surface area contributed by atoms with Crippen molar-refractivity contribution >= 4 is 18.4 Å². The lowest BCUT2D eigenvalue weighted by Crippen LogP contribution is -2.47. The summed E-state index contributed by atoms with van der Waals surface area (Å²) in [6.45, 7) is 0.208. The molecule has 2 atom stereocenters. The molecule has 0 radical (unpaired) electrons. The van der Waals surface area contributed by atoms with Gasteiger partial charge in [-0.3, -0.25) is 10.1 Å². The van der Waals surface area contributed by atoms with Crippen LogP contribution in [0.1, 0.15) is 19.3 Å². The van der Waals surface area contributed by atoms with Gasteiger partial charge in [-0.25, -0.2) is 4.39 Å². The molecule has 0 amide bonds. The van der Waals surface area contributed by atoms with Crippen LogP contribution in [0.5, 0.6) is 0 Å². The number of carboxylic acid groups (broad SMARTS) is 1. The van der Waals surface area contributed by atoms with E-state index in [1.54, 1.807) is 0 Å². The summed E-state index contributed by atoms with van der Waals surface area (Å²) in [6, 6.07) is 0. The molecule has 70 valence electrons. The summed E-state index contributed by atoms with van der Waals surface area (Å²) >= 11 is 0. The predicted octanol–water partition coefficient (Wildman–Crippen LogP) is 0.727. The third kappa shape index (κ3) is 1.10. The van der Waals surface area contributed by atoms with Crippen molar-refractivity contribution in [2.75, 3.05) is 6.54 Å². The fourth-order valence-corrected chi connectivity index (χ4v) is 2.04. The molecule has 2 fully saturated rings. The second-order valence-electron chi connectivity index (χ2n) is 3.57. The molecule has 12 heavy (non-hydrogen) atoms. The zero-order valence-corrected chi connectivity index (χ0v) is 7.29. The highest BCUT2D eigenvalue weighted by Gasteiger charge is 2.59. The van der Waals surface area contributed by atoms with E-state index in [-0.39, 0.29) is 25.4 Å². The van der Waals surface area contributed by atoms with E-state index in [0.29, 0.717) is 12.8 Å². The molecule has 3 nitrogen and oxygen atoms in total. The minimum Gasteiger partial charge on any atom is -0.480 e. The largest absolute Gasteiger partial charge is 0.480 e.